The Morgan fingerprint density at radius 1 is 1.00 bits per heavy atom. The summed E-state index contributed by atoms with van der Waals surface area (Å²) in [6.07, 6.45) is 4.73. The third-order valence-corrected chi connectivity index (χ3v) is 5.61. The largest absolute Gasteiger partial charge is 0.343 e. The zero-order valence-corrected chi connectivity index (χ0v) is 13.2. The Kier molecular flexibility index (Phi) is 4.47. The molecule has 122 valence electrons. The van der Waals surface area contributed by atoms with Crippen LogP contribution in [0.25, 0.3) is 0 Å². The summed E-state index contributed by atoms with van der Waals surface area (Å²) in [6, 6.07) is -0.243. The molecule has 3 heterocycles. The Balaban J connectivity index is 1.47. The molecule has 1 atom stereocenters. The molecule has 0 aromatic rings. The van der Waals surface area contributed by atoms with E-state index in [9.17, 15) is 14.4 Å². The lowest BCUT2D eigenvalue weighted by molar-refractivity contribution is -0.130. The average Bonchev–Trinajstić information content (AvgIpc) is 2.86. The first-order valence-electron chi connectivity index (χ1n) is 8.38. The van der Waals surface area contributed by atoms with Crippen LogP contribution >= 0.6 is 0 Å². The molecule has 6 nitrogen and oxygen atoms in total. The summed E-state index contributed by atoms with van der Waals surface area (Å²) in [5.41, 5.74) is 0. The standard InChI is InChI=1S/C16H25N3O3/c1-11(20)18-6-2-12(3-7-18)13-4-8-19(9-5-13)14-10-15(21)17-16(14)22/h12-14H,2-10H2,1H3,(H,17,21,22)/t14-/m1/s1. The fraction of sp³-hybridized carbons (Fsp3) is 0.812. The van der Waals surface area contributed by atoms with Crippen molar-refractivity contribution in [2.24, 2.45) is 11.8 Å². The Morgan fingerprint density at radius 3 is 2.00 bits per heavy atom. The average molecular weight is 307 g/mol. The molecule has 0 aromatic heterocycles. The molecule has 3 rings (SSSR count). The van der Waals surface area contributed by atoms with E-state index >= 15 is 0 Å². The summed E-state index contributed by atoms with van der Waals surface area (Å²) >= 11 is 0. The maximum absolute atomic E-state index is 11.8. The number of nitrogens with zero attached hydrogens (tertiary/aromatic N) is 2. The van der Waals surface area contributed by atoms with Crippen LogP contribution in [0.1, 0.15) is 39.0 Å². The van der Waals surface area contributed by atoms with Crippen LogP contribution in [-0.2, 0) is 14.4 Å². The molecule has 1 N–H and O–H groups in total. The second kappa shape index (κ2) is 6.36. The van der Waals surface area contributed by atoms with Gasteiger partial charge in [0.25, 0.3) is 0 Å². The molecule has 3 aliphatic heterocycles. The van der Waals surface area contributed by atoms with Crippen molar-refractivity contribution < 1.29 is 14.4 Å². The highest BCUT2D eigenvalue weighted by Crippen LogP contribution is 2.33. The van der Waals surface area contributed by atoms with E-state index < -0.39 is 0 Å². The fourth-order valence-corrected chi connectivity index (χ4v) is 4.22. The highest BCUT2D eigenvalue weighted by molar-refractivity contribution is 6.05. The zero-order valence-electron chi connectivity index (χ0n) is 13.2. The Bertz CT molecular complexity index is 463. The van der Waals surface area contributed by atoms with Crippen LogP contribution in [0.2, 0.25) is 0 Å². The molecule has 0 bridgehead atoms. The molecule has 0 unspecified atom stereocenters. The van der Waals surface area contributed by atoms with Crippen molar-refractivity contribution in [1.82, 2.24) is 15.1 Å². The summed E-state index contributed by atoms with van der Waals surface area (Å²) in [6.45, 7) is 5.23. The molecule has 0 spiro atoms. The number of rotatable bonds is 2. The number of carbonyl (C=O) groups excluding carboxylic acids is 3. The van der Waals surface area contributed by atoms with E-state index in [0.29, 0.717) is 18.3 Å². The normalized spacial score (nSPS) is 29.0. The first-order valence-corrected chi connectivity index (χ1v) is 8.38. The van der Waals surface area contributed by atoms with Gasteiger partial charge < -0.3 is 4.90 Å². The molecule has 0 aromatic carbocycles. The quantitative estimate of drug-likeness (QED) is 0.749. The van der Waals surface area contributed by atoms with E-state index in [0.717, 1.165) is 51.9 Å². The van der Waals surface area contributed by atoms with Gasteiger partial charge in [-0.25, -0.2) is 0 Å². The van der Waals surface area contributed by atoms with Crippen molar-refractivity contribution in [2.45, 2.75) is 45.1 Å². The van der Waals surface area contributed by atoms with Crippen LogP contribution < -0.4 is 5.32 Å². The van der Waals surface area contributed by atoms with Gasteiger partial charge in [0.05, 0.1) is 12.5 Å². The van der Waals surface area contributed by atoms with Crippen molar-refractivity contribution >= 4 is 17.7 Å². The number of nitrogens with one attached hydrogen (secondary N) is 1. The lowest BCUT2D eigenvalue weighted by Gasteiger charge is -2.41. The van der Waals surface area contributed by atoms with Crippen molar-refractivity contribution in [2.75, 3.05) is 26.2 Å². The van der Waals surface area contributed by atoms with Gasteiger partial charge >= 0.3 is 0 Å². The van der Waals surface area contributed by atoms with E-state index in [1.165, 1.54) is 0 Å². The second-order valence-electron chi connectivity index (χ2n) is 6.85. The van der Waals surface area contributed by atoms with Gasteiger partial charge in [0, 0.05) is 20.0 Å². The summed E-state index contributed by atoms with van der Waals surface area (Å²) in [5.74, 6) is 1.32. The van der Waals surface area contributed by atoms with Crippen LogP contribution in [0, 0.1) is 11.8 Å². The van der Waals surface area contributed by atoms with Gasteiger partial charge in [0.15, 0.2) is 0 Å². The molecule has 0 saturated carbocycles. The number of likely N-dealkylation sites (tertiary alicyclic amines) is 2. The Morgan fingerprint density at radius 2 is 1.55 bits per heavy atom. The van der Waals surface area contributed by atoms with Gasteiger partial charge in [-0.1, -0.05) is 0 Å². The predicted molar refractivity (Wildman–Crippen MR) is 80.8 cm³/mol. The van der Waals surface area contributed by atoms with E-state index in [1.54, 1.807) is 6.92 Å². The SMILES string of the molecule is CC(=O)N1CCC(C2CCN([C@@H]3CC(=O)NC3=O)CC2)CC1. The van der Waals surface area contributed by atoms with Crippen LogP contribution in [0.3, 0.4) is 0 Å². The van der Waals surface area contributed by atoms with Gasteiger partial charge in [-0.05, 0) is 50.6 Å². The van der Waals surface area contributed by atoms with Gasteiger partial charge in [-0.2, -0.15) is 0 Å². The Hall–Kier alpha value is -1.43. The summed E-state index contributed by atoms with van der Waals surface area (Å²) in [5, 5.41) is 2.40. The first kappa shape index (κ1) is 15.5. The highest BCUT2D eigenvalue weighted by atomic mass is 16.2. The number of carbonyl (C=O) groups is 3. The zero-order chi connectivity index (χ0) is 15.7. The van der Waals surface area contributed by atoms with Crippen molar-refractivity contribution in [1.29, 1.82) is 0 Å². The summed E-state index contributed by atoms with van der Waals surface area (Å²) in [7, 11) is 0. The lowest BCUT2D eigenvalue weighted by Crippen LogP contribution is -2.47. The van der Waals surface area contributed by atoms with Crippen LogP contribution in [0.5, 0.6) is 0 Å². The summed E-state index contributed by atoms with van der Waals surface area (Å²) in [4.78, 5) is 38.6. The Labute approximate surface area is 131 Å². The van der Waals surface area contributed by atoms with Crippen LogP contribution in [-0.4, -0.2) is 59.7 Å². The molecular weight excluding hydrogens is 282 g/mol. The van der Waals surface area contributed by atoms with E-state index in [1.807, 2.05) is 4.90 Å². The molecule has 3 fully saturated rings. The van der Waals surface area contributed by atoms with Crippen LogP contribution in [0.4, 0.5) is 0 Å². The molecule has 6 heteroatoms. The highest BCUT2D eigenvalue weighted by Gasteiger charge is 2.38. The molecule has 0 radical (unpaired) electrons. The van der Waals surface area contributed by atoms with E-state index in [4.69, 9.17) is 0 Å². The smallest absolute Gasteiger partial charge is 0.244 e. The van der Waals surface area contributed by atoms with Crippen molar-refractivity contribution in [3.8, 4) is 0 Å². The van der Waals surface area contributed by atoms with Crippen molar-refractivity contribution in [3.63, 3.8) is 0 Å². The molecule has 3 aliphatic rings. The third kappa shape index (κ3) is 3.16. The van der Waals surface area contributed by atoms with E-state index in [2.05, 4.69) is 10.2 Å². The van der Waals surface area contributed by atoms with Gasteiger partial charge in [-0.15, -0.1) is 0 Å². The number of amides is 3. The van der Waals surface area contributed by atoms with Crippen molar-refractivity contribution in [3.05, 3.63) is 0 Å². The number of imide groups is 1. The minimum absolute atomic E-state index is 0.127. The molecule has 0 aliphatic carbocycles. The monoisotopic (exact) mass is 307 g/mol. The topological polar surface area (TPSA) is 69.7 Å². The maximum Gasteiger partial charge on any atom is 0.244 e. The molecule has 3 saturated heterocycles. The molecular formula is C16H25N3O3. The molecule has 22 heavy (non-hydrogen) atoms. The third-order valence-electron chi connectivity index (χ3n) is 5.61. The second-order valence-corrected chi connectivity index (χ2v) is 6.85. The first-order chi connectivity index (χ1) is 10.5. The number of piperidine rings is 2. The van der Waals surface area contributed by atoms with Gasteiger partial charge in [0.2, 0.25) is 17.7 Å². The minimum atomic E-state index is -0.243. The van der Waals surface area contributed by atoms with Gasteiger partial charge in [0.1, 0.15) is 0 Å². The predicted octanol–water partition coefficient (Wildman–Crippen LogP) is 0.372. The fourth-order valence-electron chi connectivity index (χ4n) is 4.22. The van der Waals surface area contributed by atoms with E-state index in [-0.39, 0.29) is 23.8 Å². The van der Waals surface area contributed by atoms with Gasteiger partial charge in [-0.3, -0.25) is 24.6 Å². The minimum Gasteiger partial charge on any atom is -0.343 e. The number of hydrogen-bond donors (Lipinski definition) is 1. The summed E-state index contributed by atoms with van der Waals surface area (Å²) < 4.78 is 0. The maximum atomic E-state index is 11.8. The lowest BCUT2D eigenvalue weighted by atomic mass is 9.78. The van der Waals surface area contributed by atoms with Crippen LogP contribution in [0.15, 0.2) is 0 Å². The molecule has 3 amide bonds. The number of hydrogen-bond acceptors (Lipinski definition) is 4.